The molecular weight excluding hydrogens is 190 g/mol. The fourth-order valence-corrected chi connectivity index (χ4v) is 2.20. The van der Waals surface area contributed by atoms with E-state index in [1.807, 2.05) is 18.2 Å². The van der Waals surface area contributed by atoms with Gasteiger partial charge in [0.2, 0.25) is 8.32 Å². The summed E-state index contributed by atoms with van der Waals surface area (Å²) in [7, 11) is -1.51. The van der Waals surface area contributed by atoms with Crippen molar-refractivity contribution in [2.75, 3.05) is 0 Å². The molecule has 0 heterocycles. The Morgan fingerprint density at radius 1 is 1.29 bits per heavy atom. The molecule has 0 fully saturated rings. The summed E-state index contributed by atoms with van der Waals surface area (Å²) < 4.78 is 5.96. The molecule has 0 aromatic heterocycles. The molecule has 1 rings (SSSR count). The zero-order valence-corrected chi connectivity index (χ0v) is 10.4. The predicted octanol–water partition coefficient (Wildman–Crippen LogP) is 2.67. The zero-order chi connectivity index (χ0) is 10.8. The Labute approximate surface area is 87.2 Å². The van der Waals surface area contributed by atoms with Gasteiger partial charge in [-0.25, -0.2) is 0 Å². The van der Waals surface area contributed by atoms with E-state index in [1.165, 1.54) is 11.1 Å². The first-order chi connectivity index (χ1) is 6.44. The minimum atomic E-state index is -1.51. The van der Waals surface area contributed by atoms with Gasteiger partial charge in [0.15, 0.2) is 0 Å². The van der Waals surface area contributed by atoms with Crippen molar-refractivity contribution >= 4 is 8.32 Å². The number of benzene rings is 1. The summed E-state index contributed by atoms with van der Waals surface area (Å²) in [4.78, 5) is 0. The highest BCUT2D eigenvalue weighted by molar-refractivity contribution is 6.70. The first kappa shape index (κ1) is 11.3. The Kier molecular flexibility index (Phi) is 3.34. The first-order valence-corrected chi connectivity index (χ1v) is 8.32. The topological polar surface area (TPSA) is 35.2 Å². The third-order valence-electron chi connectivity index (χ3n) is 2.03. The van der Waals surface area contributed by atoms with E-state index in [0.717, 1.165) is 5.75 Å². The molecule has 0 aliphatic heterocycles. The summed E-state index contributed by atoms with van der Waals surface area (Å²) in [6, 6.07) is 6.07. The van der Waals surface area contributed by atoms with Gasteiger partial charge < -0.3 is 10.2 Å². The average molecular weight is 209 g/mol. The van der Waals surface area contributed by atoms with E-state index < -0.39 is 8.32 Å². The summed E-state index contributed by atoms with van der Waals surface area (Å²) in [6.07, 6.45) is 0. The van der Waals surface area contributed by atoms with Crippen LogP contribution < -0.4 is 10.2 Å². The van der Waals surface area contributed by atoms with Crippen LogP contribution in [0.25, 0.3) is 0 Å². The molecule has 3 heteroatoms. The van der Waals surface area contributed by atoms with Crippen LogP contribution in [0.3, 0.4) is 0 Å². The highest BCUT2D eigenvalue weighted by Crippen LogP contribution is 2.23. The van der Waals surface area contributed by atoms with Crippen molar-refractivity contribution in [3.8, 4) is 5.75 Å². The third-order valence-corrected chi connectivity index (χ3v) is 2.86. The molecule has 0 amide bonds. The quantitative estimate of drug-likeness (QED) is 0.777. The lowest BCUT2D eigenvalue weighted by atomic mass is 10.1. The second-order valence-electron chi connectivity index (χ2n) is 4.46. The van der Waals surface area contributed by atoms with Crippen molar-refractivity contribution in [1.82, 2.24) is 0 Å². The maximum absolute atomic E-state index is 5.96. The molecule has 0 aliphatic rings. The van der Waals surface area contributed by atoms with Crippen molar-refractivity contribution in [3.05, 3.63) is 29.3 Å². The van der Waals surface area contributed by atoms with Crippen LogP contribution in [-0.2, 0) is 6.54 Å². The lowest BCUT2D eigenvalue weighted by Crippen LogP contribution is -2.29. The molecule has 2 N–H and O–H groups in total. The maximum atomic E-state index is 5.96. The van der Waals surface area contributed by atoms with Crippen LogP contribution in [0.5, 0.6) is 5.75 Å². The van der Waals surface area contributed by atoms with Crippen molar-refractivity contribution in [3.63, 3.8) is 0 Å². The van der Waals surface area contributed by atoms with Gasteiger partial charge in [-0.2, -0.15) is 0 Å². The van der Waals surface area contributed by atoms with Crippen molar-refractivity contribution in [1.29, 1.82) is 0 Å². The van der Waals surface area contributed by atoms with Crippen LogP contribution in [0.2, 0.25) is 19.6 Å². The molecule has 78 valence electrons. The molecule has 0 spiro atoms. The monoisotopic (exact) mass is 209 g/mol. The number of hydrogen-bond donors (Lipinski definition) is 1. The summed E-state index contributed by atoms with van der Waals surface area (Å²) in [5.41, 5.74) is 7.98. The van der Waals surface area contributed by atoms with Crippen molar-refractivity contribution in [2.24, 2.45) is 5.73 Å². The first-order valence-electron chi connectivity index (χ1n) is 4.91. The highest BCUT2D eigenvalue weighted by atomic mass is 28.4. The zero-order valence-electron chi connectivity index (χ0n) is 9.42. The van der Waals surface area contributed by atoms with Gasteiger partial charge in [0.1, 0.15) is 5.75 Å². The van der Waals surface area contributed by atoms with Crippen LogP contribution in [0.4, 0.5) is 0 Å². The van der Waals surface area contributed by atoms with E-state index in [0.29, 0.717) is 6.54 Å². The fraction of sp³-hybridized carbons (Fsp3) is 0.455. The van der Waals surface area contributed by atoms with E-state index in [4.69, 9.17) is 10.2 Å². The summed E-state index contributed by atoms with van der Waals surface area (Å²) >= 11 is 0. The molecule has 14 heavy (non-hydrogen) atoms. The van der Waals surface area contributed by atoms with Crippen LogP contribution >= 0.6 is 0 Å². The van der Waals surface area contributed by atoms with Crippen LogP contribution in [0, 0.1) is 6.92 Å². The predicted molar refractivity (Wildman–Crippen MR) is 63.0 cm³/mol. The van der Waals surface area contributed by atoms with Gasteiger partial charge in [-0.1, -0.05) is 12.1 Å². The van der Waals surface area contributed by atoms with E-state index in [9.17, 15) is 0 Å². The highest BCUT2D eigenvalue weighted by Gasteiger charge is 2.17. The SMILES string of the molecule is Cc1c(CN)cccc1O[Si](C)(C)C. The smallest absolute Gasteiger partial charge is 0.242 e. The normalized spacial score (nSPS) is 11.5. The van der Waals surface area contributed by atoms with E-state index in [-0.39, 0.29) is 0 Å². The number of hydrogen-bond acceptors (Lipinski definition) is 2. The second-order valence-corrected chi connectivity index (χ2v) is 8.89. The molecule has 0 saturated carbocycles. The average Bonchev–Trinajstić information content (AvgIpc) is 2.06. The minimum absolute atomic E-state index is 0.578. The molecule has 1 aromatic rings. The van der Waals surface area contributed by atoms with Crippen molar-refractivity contribution < 1.29 is 4.43 Å². The lowest BCUT2D eigenvalue weighted by molar-refractivity contribution is 0.551. The van der Waals surface area contributed by atoms with E-state index in [1.54, 1.807) is 0 Å². The van der Waals surface area contributed by atoms with Gasteiger partial charge in [-0.15, -0.1) is 0 Å². The Morgan fingerprint density at radius 3 is 2.43 bits per heavy atom. The van der Waals surface area contributed by atoms with Gasteiger partial charge in [-0.3, -0.25) is 0 Å². The van der Waals surface area contributed by atoms with Crippen LogP contribution in [-0.4, -0.2) is 8.32 Å². The van der Waals surface area contributed by atoms with Crippen molar-refractivity contribution in [2.45, 2.75) is 33.1 Å². The Hall–Kier alpha value is -0.803. The lowest BCUT2D eigenvalue weighted by Gasteiger charge is -2.21. The number of nitrogens with two attached hydrogens (primary N) is 1. The molecule has 1 aromatic carbocycles. The molecule has 0 unspecified atom stereocenters. The fourth-order valence-electron chi connectivity index (χ4n) is 1.32. The third kappa shape index (κ3) is 2.85. The Bertz CT molecular complexity index is 318. The Morgan fingerprint density at radius 2 is 1.93 bits per heavy atom. The summed E-state index contributed by atoms with van der Waals surface area (Å²) in [5, 5.41) is 0. The molecule has 0 bridgehead atoms. The maximum Gasteiger partial charge on any atom is 0.242 e. The van der Waals surface area contributed by atoms with Gasteiger partial charge in [0, 0.05) is 6.54 Å². The van der Waals surface area contributed by atoms with Crippen LogP contribution in [0.1, 0.15) is 11.1 Å². The minimum Gasteiger partial charge on any atom is -0.544 e. The summed E-state index contributed by atoms with van der Waals surface area (Å²) in [6.45, 7) is 9.19. The second kappa shape index (κ2) is 4.15. The van der Waals surface area contributed by atoms with Gasteiger partial charge in [0.05, 0.1) is 0 Å². The van der Waals surface area contributed by atoms with E-state index in [2.05, 4.69) is 26.6 Å². The standard InChI is InChI=1S/C11H19NOSi/c1-9-10(8-12)6-5-7-11(9)13-14(2,3)4/h5-7H,8,12H2,1-4H3. The molecule has 0 saturated heterocycles. The molecule has 0 radical (unpaired) electrons. The Balaban J connectivity index is 2.98. The number of rotatable bonds is 3. The molecule has 0 atom stereocenters. The van der Waals surface area contributed by atoms with Gasteiger partial charge in [0.25, 0.3) is 0 Å². The van der Waals surface area contributed by atoms with Crippen LogP contribution in [0.15, 0.2) is 18.2 Å². The molecule has 0 aliphatic carbocycles. The largest absolute Gasteiger partial charge is 0.544 e. The molecule has 2 nitrogen and oxygen atoms in total. The molecular formula is C11H19NOSi. The van der Waals surface area contributed by atoms with E-state index >= 15 is 0 Å². The summed E-state index contributed by atoms with van der Waals surface area (Å²) in [5.74, 6) is 0.993. The van der Waals surface area contributed by atoms with Gasteiger partial charge >= 0.3 is 0 Å². The van der Waals surface area contributed by atoms with Gasteiger partial charge in [-0.05, 0) is 43.8 Å².